The highest BCUT2D eigenvalue weighted by atomic mass is 16.5. The number of rotatable bonds is 12. The molecule has 11 unspecified atom stereocenters. The van der Waals surface area contributed by atoms with Crippen molar-refractivity contribution < 1.29 is 19.1 Å². The lowest BCUT2D eigenvalue weighted by molar-refractivity contribution is -0.166. The van der Waals surface area contributed by atoms with Crippen LogP contribution in [0.4, 0.5) is 0 Å². The molecule has 3 aliphatic rings. The predicted molar refractivity (Wildman–Crippen MR) is 188 cm³/mol. The molecule has 3 saturated carbocycles. The number of carbonyl (C=O) groups excluding carboxylic acids is 2. The molecule has 3 fully saturated rings. The van der Waals surface area contributed by atoms with E-state index in [1.165, 1.54) is 51.4 Å². The molecule has 0 N–H and O–H groups in total. The third-order valence-corrected chi connectivity index (χ3v) is 12.9. The highest BCUT2D eigenvalue weighted by molar-refractivity contribution is 5.82. The third kappa shape index (κ3) is 11.8. The molecule has 0 aromatic carbocycles. The molecule has 11 atom stereocenters. The minimum Gasteiger partial charge on any atom is -0.465 e. The van der Waals surface area contributed by atoms with E-state index in [9.17, 15) is 9.59 Å². The second-order valence-corrected chi connectivity index (χ2v) is 19.0. The Balaban J connectivity index is 1.59. The summed E-state index contributed by atoms with van der Waals surface area (Å²) in [7, 11) is 0. The maximum Gasteiger partial charge on any atom is 0.309 e. The van der Waals surface area contributed by atoms with Gasteiger partial charge in [-0.05, 0) is 122 Å². The summed E-state index contributed by atoms with van der Waals surface area (Å²) in [6, 6.07) is 0. The highest BCUT2D eigenvalue weighted by Gasteiger charge is 2.42. The Morgan fingerprint density at radius 2 is 1.00 bits per heavy atom. The van der Waals surface area contributed by atoms with Crippen LogP contribution in [0.25, 0.3) is 0 Å². The molecule has 0 saturated heterocycles. The normalized spacial score (nSPS) is 36.4. The van der Waals surface area contributed by atoms with Crippen LogP contribution in [0.3, 0.4) is 0 Å². The summed E-state index contributed by atoms with van der Waals surface area (Å²) in [6.45, 7) is 26.8. The molecule has 4 heteroatoms. The number of hydrogen-bond acceptors (Lipinski definition) is 4. The van der Waals surface area contributed by atoms with Crippen molar-refractivity contribution >= 4 is 11.9 Å². The molecule has 4 nitrogen and oxygen atoms in total. The Labute approximate surface area is 279 Å². The first-order valence-corrected chi connectivity index (χ1v) is 19.3. The van der Waals surface area contributed by atoms with Crippen LogP contribution >= 0.6 is 0 Å². The van der Waals surface area contributed by atoms with Gasteiger partial charge in [-0.25, -0.2) is 0 Å². The molecular weight excluding hydrogens is 556 g/mol. The topological polar surface area (TPSA) is 52.6 Å². The maximum absolute atomic E-state index is 13.7. The zero-order chi connectivity index (χ0) is 33.5. The SMILES string of the molecule is CC1CCC(C(=O)OCC2CCC(C)C(C)C2CCCC(C)(C)C)C(C(=O)OCC2CCC(C)C(C)C2CCCC(C)(C)C)C1. The highest BCUT2D eigenvalue weighted by Crippen LogP contribution is 2.44. The van der Waals surface area contributed by atoms with Gasteiger partial charge in [0.1, 0.15) is 0 Å². The molecule has 0 aliphatic heterocycles. The van der Waals surface area contributed by atoms with Crippen LogP contribution in [0.2, 0.25) is 0 Å². The van der Waals surface area contributed by atoms with Crippen LogP contribution in [0.15, 0.2) is 0 Å². The van der Waals surface area contributed by atoms with Crippen molar-refractivity contribution in [1.29, 1.82) is 0 Å². The summed E-state index contributed by atoms with van der Waals surface area (Å²) < 4.78 is 12.3. The number of carbonyl (C=O) groups is 2. The molecule has 45 heavy (non-hydrogen) atoms. The summed E-state index contributed by atoms with van der Waals surface area (Å²) >= 11 is 0. The minimum atomic E-state index is -0.367. The van der Waals surface area contributed by atoms with Crippen LogP contribution in [-0.2, 0) is 19.1 Å². The summed E-state index contributed by atoms with van der Waals surface area (Å²) in [5.41, 5.74) is 0.710. The molecule has 0 amide bonds. The van der Waals surface area contributed by atoms with Crippen LogP contribution in [0.5, 0.6) is 0 Å². The molecule has 0 spiro atoms. The Hall–Kier alpha value is -1.06. The molecule has 0 aromatic rings. The Bertz CT molecular complexity index is 911. The zero-order valence-electron chi connectivity index (χ0n) is 31.6. The van der Waals surface area contributed by atoms with Gasteiger partial charge in [0.25, 0.3) is 0 Å². The molecular formula is C41H74O4. The lowest BCUT2D eigenvalue weighted by Gasteiger charge is -2.41. The fourth-order valence-electron chi connectivity index (χ4n) is 9.27. The lowest BCUT2D eigenvalue weighted by Crippen LogP contribution is -2.40. The Morgan fingerprint density at radius 1 is 0.578 bits per heavy atom. The van der Waals surface area contributed by atoms with Gasteiger partial charge >= 0.3 is 11.9 Å². The molecule has 0 aromatic heterocycles. The van der Waals surface area contributed by atoms with Crippen LogP contribution in [0, 0.1) is 75.9 Å². The van der Waals surface area contributed by atoms with Crippen molar-refractivity contribution in [2.24, 2.45) is 75.9 Å². The van der Waals surface area contributed by atoms with Crippen molar-refractivity contribution in [2.45, 2.75) is 160 Å². The van der Waals surface area contributed by atoms with Gasteiger partial charge in [0, 0.05) is 0 Å². The van der Waals surface area contributed by atoms with Crippen LogP contribution in [-0.4, -0.2) is 25.2 Å². The average molecular weight is 631 g/mol. The van der Waals surface area contributed by atoms with E-state index in [2.05, 4.69) is 76.2 Å². The van der Waals surface area contributed by atoms with E-state index < -0.39 is 0 Å². The summed E-state index contributed by atoms with van der Waals surface area (Å²) in [4.78, 5) is 27.4. The Kier molecular flexibility index (Phi) is 14.4. The van der Waals surface area contributed by atoms with Crippen LogP contribution in [0.1, 0.15) is 160 Å². The van der Waals surface area contributed by atoms with E-state index in [-0.39, 0.29) is 23.8 Å². The molecule has 262 valence electrons. The largest absolute Gasteiger partial charge is 0.465 e. The van der Waals surface area contributed by atoms with Crippen molar-refractivity contribution in [1.82, 2.24) is 0 Å². The first kappa shape index (κ1) is 38.4. The van der Waals surface area contributed by atoms with Crippen molar-refractivity contribution in [3.05, 3.63) is 0 Å². The lowest BCUT2D eigenvalue weighted by atomic mass is 9.66. The molecule has 3 aliphatic carbocycles. The van der Waals surface area contributed by atoms with Gasteiger partial charge in [-0.2, -0.15) is 0 Å². The van der Waals surface area contributed by atoms with Gasteiger partial charge in [-0.1, -0.05) is 102 Å². The fourth-order valence-corrected chi connectivity index (χ4v) is 9.27. The fraction of sp³-hybridized carbons (Fsp3) is 0.951. The Morgan fingerprint density at radius 3 is 1.42 bits per heavy atom. The van der Waals surface area contributed by atoms with Gasteiger partial charge in [0.15, 0.2) is 0 Å². The molecule has 0 bridgehead atoms. The monoisotopic (exact) mass is 631 g/mol. The van der Waals surface area contributed by atoms with E-state index in [0.29, 0.717) is 65.5 Å². The van der Waals surface area contributed by atoms with E-state index in [1.54, 1.807) is 0 Å². The smallest absolute Gasteiger partial charge is 0.309 e. The van der Waals surface area contributed by atoms with E-state index in [1.807, 2.05) is 0 Å². The zero-order valence-corrected chi connectivity index (χ0v) is 31.6. The van der Waals surface area contributed by atoms with Gasteiger partial charge in [0.05, 0.1) is 25.0 Å². The predicted octanol–water partition coefficient (Wildman–Crippen LogP) is 11.2. The van der Waals surface area contributed by atoms with Crippen molar-refractivity contribution in [2.75, 3.05) is 13.2 Å². The second kappa shape index (κ2) is 16.9. The molecule has 0 heterocycles. The number of ether oxygens (including phenoxy) is 2. The second-order valence-electron chi connectivity index (χ2n) is 19.0. The van der Waals surface area contributed by atoms with Gasteiger partial charge in [-0.3, -0.25) is 9.59 Å². The van der Waals surface area contributed by atoms with Crippen molar-refractivity contribution in [3.8, 4) is 0 Å². The summed E-state index contributed by atoms with van der Waals surface area (Å²) in [5, 5.41) is 0. The van der Waals surface area contributed by atoms with Gasteiger partial charge in [0.2, 0.25) is 0 Å². The number of esters is 2. The first-order valence-electron chi connectivity index (χ1n) is 19.3. The summed E-state index contributed by atoms with van der Waals surface area (Å²) in [6.07, 6.45) is 14.5. The third-order valence-electron chi connectivity index (χ3n) is 12.9. The van der Waals surface area contributed by atoms with Crippen molar-refractivity contribution in [3.63, 3.8) is 0 Å². The van der Waals surface area contributed by atoms with Crippen LogP contribution < -0.4 is 0 Å². The standard InChI is InChI=1S/C41H74O4/c1-27-16-21-36(38(42)44-25-32-19-17-28(2)30(4)34(32)14-12-22-40(6,7)8)37(24-27)39(43)45-26-33-20-18-29(3)31(5)35(33)15-13-23-41(9,10)11/h27-37H,12-26H2,1-11H3. The first-order chi connectivity index (χ1) is 21.0. The van der Waals surface area contributed by atoms with E-state index in [0.717, 1.165) is 43.9 Å². The molecule has 0 radical (unpaired) electrons. The van der Waals surface area contributed by atoms with E-state index >= 15 is 0 Å². The van der Waals surface area contributed by atoms with Gasteiger partial charge < -0.3 is 9.47 Å². The van der Waals surface area contributed by atoms with Gasteiger partial charge in [-0.15, -0.1) is 0 Å². The maximum atomic E-state index is 13.7. The minimum absolute atomic E-state index is 0.149. The van der Waals surface area contributed by atoms with E-state index in [4.69, 9.17) is 9.47 Å². The molecule has 3 rings (SSSR count). The average Bonchev–Trinajstić information content (AvgIpc) is 2.94. The number of hydrogen-bond donors (Lipinski definition) is 0. The summed E-state index contributed by atoms with van der Waals surface area (Å²) in [5.74, 6) is 4.23. The quantitative estimate of drug-likeness (QED) is 0.201.